The summed E-state index contributed by atoms with van der Waals surface area (Å²) in [5.41, 5.74) is -0.0714. The summed E-state index contributed by atoms with van der Waals surface area (Å²) in [7, 11) is 0. The maximum Gasteiger partial charge on any atom is 0.287 e. The zero-order valence-corrected chi connectivity index (χ0v) is 10.4. The molecule has 1 amide bonds. The van der Waals surface area contributed by atoms with Gasteiger partial charge in [-0.3, -0.25) is 14.9 Å². The molecule has 0 spiro atoms. The van der Waals surface area contributed by atoms with E-state index in [4.69, 9.17) is 0 Å². The maximum absolute atomic E-state index is 12.1. The van der Waals surface area contributed by atoms with Crippen LogP contribution in [0.2, 0.25) is 0 Å². The zero-order valence-electron chi connectivity index (χ0n) is 10.4. The number of nitrogens with one attached hydrogen (secondary N) is 1. The second kappa shape index (κ2) is 4.60. The molecular formula is C13H15N3O3. The standard InChI is InChI=1S/C13H15N3O3/c17-13(11-6-8-1-2-9(11)5-8)15-12-4-3-10(7-14-12)16(18)19/h3-4,7-9,11H,1-2,5-6H2,(H,14,15,17). The summed E-state index contributed by atoms with van der Waals surface area (Å²) in [6.07, 6.45) is 5.71. The van der Waals surface area contributed by atoms with E-state index in [2.05, 4.69) is 10.3 Å². The maximum atomic E-state index is 12.1. The Morgan fingerprint density at radius 2 is 2.21 bits per heavy atom. The average molecular weight is 261 g/mol. The number of amides is 1. The minimum Gasteiger partial charge on any atom is -0.310 e. The van der Waals surface area contributed by atoms with Crippen LogP contribution in [0.1, 0.15) is 25.7 Å². The number of carbonyl (C=O) groups is 1. The summed E-state index contributed by atoms with van der Waals surface area (Å²) in [6, 6.07) is 2.83. The van der Waals surface area contributed by atoms with Crippen molar-refractivity contribution in [2.24, 2.45) is 17.8 Å². The van der Waals surface area contributed by atoms with Gasteiger partial charge >= 0.3 is 0 Å². The third kappa shape index (κ3) is 2.30. The fraction of sp³-hybridized carbons (Fsp3) is 0.538. The van der Waals surface area contributed by atoms with E-state index in [1.807, 2.05) is 0 Å². The SMILES string of the molecule is O=C(Nc1ccc([N+](=O)[O-])cn1)C1CC2CCC1C2. The van der Waals surface area contributed by atoms with Crippen molar-refractivity contribution in [3.05, 3.63) is 28.4 Å². The van der Waals surface area contributed by atoms with Gasteiger partial charge in [-0.2, -0.15) is 0 Å². The fourth-order valence-corrected chi connectivity index (χ4v) is 3.35. The molecule has 0 saturated heterocycles. The Bertz CT molecular complexity index is 514. The predicted molar refractivity (Wildman–Crippen MR) is 68.5 cm³/mol. The van der Waals surface area contributed by atoms with E-state index in [1.54, 1.807) is 0 Å². The number of nitro groups is 1. The van der Waals surface area contributed by atoms with Gasteiger partial charge in [0.15, 0.2) is 0 Å². The van der Waals surface area contributed by atoms with Crippen LogP contribution >= 0.6 is 0 Å². The number of carbonyl (C=O) groups excluding carboxylic acids is 1. The molecule has 0 aliphatic heterocycles. The highest BCUT2D eigenvalue weighted by Gasteiger charge is 2.43. The molecule has 6 heteroatoms. The van der Waals surface area contributed by atoms with E-state index in [0.717, 1.165) is 19.0 Å². The van der Waals surface area contributed by atoms with E-state index in [1.165, 1.54) is 25.0 Å². The molecule has 3 rings (SSSR count). The Labute approximate surface area is 110 Å². The number of pyridine rings is 1. The third-order valence-electron chi connectivity index (χ3n) is 4.28. The number of rotatable bonds is 3. The normalized spacial score (nSPS) is 28.3. The number of anilines is 1. The van der Waals surface area contributed by atoms with Gasteiger partial charge in [-0.25, -0.2) is 4.98 Å². The molecule has 3 unspecified atom stereocenters. The number of hydrogen-bond donors (Lipinski definition) is 1. The largest absolute Gasteiger partial charge is 0.310 e. The van der Waals surface area contributed by atoms with Crippen molar-refractivity contribution >= 4 is 17.4 Å². The van der Waals surface area contributed by atoms with Crippen LogP contribution in [0, 0.1) is 27.9 Å². The van der Waals surface area contributed by atoms with Gasteiger partial charge in [-0.05, 0) is 37.2 Å². The molecule has 2 saturated carbocycles. The topological polar surface area (TPSA) is 85.1 Å². The van der Waals surface area contributed by atoms with Gasteiger partial charge in [-0.15, -0.1) is 0 Å². The van der Waals surface area contributed by atoms with Crippen LogP contribution in [0.15, 0.2) is 18.3 Å². The quantitative estimate of drug-likeness (QED) is 0.668. The molecule has 6 nitrogen and oxygen atoms in total. The van der Waals surface area contributed by atoms with Crippen molar-refractivity contribution in [1.29, 1.82) is 0 Å². The predicted octanol–water partition coefficient (Wildman–Crippen LogP) is 2.36. The van der Waals surface area contributed by atoms with E-state index >= 15 is 0 Å². The first-order chi connectivity index (χ1) is 9.13. The molecule has 3 atom stereocenters. The van der Waals surface area contributed by atoms with Crippen LogP contribution in [0.5, 0.6) is 0 Å². The summed E-state index contributed by atoms with van der Waals surface area (Å²) < 4.78 is 0. The molecule has 2 aliphatic carbocycles. The van der Waals surface area contributed by atoms with E-state index < -0.39 is 4.92 Å². The van der Waals surface area contributed by atoms with Crippen molar-refractivity contribution < 1.29 is 9.72 Å². The number of fused-ring (bicyclic) bond motifs is 2. The number of nitrogens with zero attached hydrogens (tertiary/aromatic N) is 2. The second-order valence-corrected chi connectivity index (χ2v) is 5.43. The monoisotopic (exact) mass is 261 g/mol. The summed E-state index contributed by atoms with van der Waals surface area (Å²) in [6.45, 7) is 0. The van der Waals surface area contributed by atoms with Gasteiger partial charge in [0.25, 0.3) is 5.69 Å². The van der Waals surface area contributed by atoms with Crippen molar-refractivity contribution in [1.82, 2.24) is 4.98 Å². The van der Waals surface area contributed by atoms with Crippen molar-refractivity contribution in [3.63, 3.8) is 0 Å². The van der Waals surface area contributed by atoms with Crippen molar-refractivity contribution in [2.45, 2.75) is 25.7 Å². The molecular weight excluding hydrogens is 246 g/mol. The van der Waals surface area contributed by atoms with Crippen LogP contribution < -0.4 is 5.32 Å². The first-order valence-electron chi connectivity index (χ1n) is 6.55. The number of hydrogen-bond acceptors (Lipinski definition) is 4. The van der Waals surface area contributed by atoms with Crippen molar-refractivity contribution in [2.75, 3.05) is 5.32 Å². The van der Waals surface area contributed by atoms with E-state index in [9.17, 15) is 14.9 Å². The van der Waals surface area contributed by atoms with E-state index in [-0.39, 0.29) is 17.5 Å². The van der Waals surface area contributed by atoms with Gasteiger partial charge in [0.1, 0.15) is 12.0 Å². The summed E-state index contributed by atoms with van der Waals surface area (Å²) in [5.74, 6) is 1.72. The average Bonchev–Trinajstić information content (AvgIpc) is 3.01. The first kappa shape index (κ1) is 12.1. The molecule has 19 heavy (non-hydrogen) atoms. The molecule has 0 radical (unpaired) electrons. The van der Waals surface area contributed by atoms with Crippen LogP contribution in [-0.4, -0.2) is 15.8 Å². The van der Waals surface area contributed by atoms with Gasteiger partial charge in [0.2, 0.25) is 5.91 Å². The first-order valence-corrected chi connectivity index (χ1v) is 6.55. The Kier molecular flexibility index (Phi) is 2.93. The Balaban J connectivity index is 1.64. The number of aromatic nitrogens is 1. The second-order valence-electron chi connectivity index (χ2n) is 5.43. The Hall–Kier alpha value is -1.98. The molecule has 1 heterocycles. The Morgan fingerprint density at radius 3 is 2.74 bits per heavy atom. The van der Waals surface area contributed by atoms with Crippen LogP contribution in [0.3, 0.4) is 0 Å². The lowest BCUT2D eigenvalue weighted by Crippen LogP contribution is -2.27. The lowest BCUT2D eigenvalue weighted by atomic mass is 9.88. The fourth-order valence-electron chi connectivity index (χ4n) is 3.35. The molecule has 2 bridgehead atoms. The van der Waals surface area contributed by atoms with E-state index in [0.29, 0.717) is 17.7 Å². The molecule has 100 valence electrons. The lowest BCUT2D eigenvalue weighted by Gasteiger charge is -2.20. The molecule has 1 aromatic heterocycles. The molecule has 1 N–H and O–H groups in total. The highest BCUT2D eigenvalue weighted by molar-refractivity contribution is 5.92. The lowest BCUT2D eigenvalue weighted by molar-refractivity contribution is -0.385. The van der Waals surface area contributed by atoms with Gasteiger partial charge in [-0.1, -0.05) is 6.42 Å². The van der Waals surface area contributed by atoms with Gasteiger partial charge in [0.05, 0.1) is 4.92 Å². The summed E-state index contributed by atoms with van der Waals surface area (Å²) in [4.78, 5) is 26.0. The summed E-state index contributed by atoms with van der Waals surface area (Å²) in [5, 5.41) is 13.3. The van der Waals surface area contributed by atoms with Crippen LogP contribution in [0.25, 0.3) is 0 Å². The van der Waals surface area contributed by atoms with Gasteiger partial charge in [0, 0.05) is 12.0 Å². The van der Waals surface area contributed by atoms with Crippen LogP contribution in [0.4, 0.5) is 11.5 Å². The molecule has 1 aromatic rings. The Morgan fingerprint density at radius 1 is 1.37 bits per heavy atom. The third-order valence-corrected chi connectivity index (χ3v) is 4.28. The minimum absolute atomic E-state index is 0.00792. The van der Waals surface area contributed by atoms with Gasteiger partial charge < -0.3 is 5.32 Å². The molecule has 2 aliphatic rings. The molecule has 2 fully saturated rings. The minimum atomic E-state index is -0.505. The molecule has 0 aromatic carbocycles. The highest BCUT2D eigenvalue weighted by atomic mass is 16.6. The van der Waals surface area contributed by atoms with Crippen LogP contribution in [-0.2, 0) is 4.79 Å². The van der Waals surface area contributed by atoms with Crippen molar-refractivity contribution in [3.8, 4) is 0 Å². The smallest absolute Gasteiger partial charge is 0.287 e. The highest BCUT2D eigenvalue weighted by Crippen LogP contribution is 2.48. The summed E-state index contributed by atoms with van der Waals surface area (Å²) >= 11 is 0. The zero-order chi connectivity index (χ0) is 13.4.